The molecule has 0 unspecified atom stereocenters. The Balaban J connectivity index is 1.69. The number of rotatable bonds is 5. The Hall–Kier alpha value is -2.70. The van der Waals surface area contributed by atoms with E-state index in [1.165, 1.54) is 0 Å². The van der Waals surface area contributed by atoms with Gasteiger partial charge >= 0.3 is 5.97 Å². The first-order valence-corrected chi connectivity index (χ1v) is 8.48. The topological polar surface area (TPSA) is 97.1 Å². The highest BCUT2D eigenvalue weighted by Crippen LogP contribution is 2.32. The first kappa shape index (κ1) is 17.1. The van der Waals surface area contributed by atoms with Gasteiger partial charge in [0.2, 0.25) is 0 Å². The van der Waals surface area contributed by atoms with Crippen LogP contribution in [-0.4, -0.2) is 37.5 Å². The number of amides is 1. The summed E-state index contributed by atoms with van der Waals surface area (Å²) in [5, 5.41) is 20.2. The molecule has 1 amide bonds. The van der Waals surface area contributed by atoms with E-state index in [1.807, 2.05) is 30.3 Å². The van der Waals surface area contributed by atoms with Gasteiger partial charge < -0.3 is 10.4 Å². The molecule has 1 aliphatic carbocycles. The summed E-state index contributed by atoms with van der Waals surface area (Å²) in [6.45, 7) is 2.60. The molecule has 1 aliphatic rings. The van der Waals surface area contributed by atoms with E-state index in [9.17, 15) is 14.7 Å². The monoisotopic (exact) mass is 342 g/mol. The Morgan fingerprint density at radius 2 is 1.96 bits per heavy atom. The predicted octanol–water partition coefficient (Wildman–Crippen LogP) is 2.09. The van der Waals surface area contributed by atoms with Crippen molar-refractivity contribution in [3.8, 4) is 0 Å². The molecule has 0 atom stereocenters. The SMILES string of the molecule is CC1CCC(NC(=O)c2cn(Cc3ccccc3)nn2)(C(=O)O)CC1. The first-order valence-electron chi connectivity index (χ1n) is 8.48. The van der Waals surface area contributed by atoms with Gasteiger partial charge in [-0.25, -0.2) is 9.48 Å². The lowest BCUT2D eigenvalue weighted by atomic mass is 9.77. The summed E-state index contributed by atoms with van der Waals surface area (Å²) in [7, 11) is 0. The van der Waals surface area contributed by atoms with Crippen molar-refractivity contribution in [1.29, 1.82) is 0 Å². The van der Waals surface area contributed by atoms with E-state index in [1.54, 1.807) is 10.9 Å². The summed E-state index contributed by atoms with van der Waals surface area (Å²) in [6, 6.07) is 9.72. The van der Waals surface area contributed by atoms with Crippen LogP contribution in [0.25, 0.3) is 0 Å². The summed E-state index contributed by atoms with van der Waals surface area (Å²) in [4.78, 5) is 24.2. The highest BCUT2D eigenvalue weighted by molar-refractivity contribution is 5.96. The Morgan fingerprint density at radius 1 is 1.28 bits per heavy atom. The first-order chi connectivity index (χ1) is 12.0. The van der Waals surface area contributed by atoms with Crippen LogP contribution in [0.3, 0.4) is 0 Å². The quantitative estimate of drug-likeness (QED) is 0.867. The number of benzene rings is 1. The lowest BCUT2D eigenvalue weighted by molar-refractivity contribution is -0.146. The summed E-state index contributed by atoms with van der Waals surface area (Å²) in [5.74, 6) is -0.989. The zero-order valence-corrected chi connectivity index (χ0v) is 14.2. The molecule has 1 aromatic carbocycles. The average molecular weight is 342 g/mol. The van der Waals surface area contributed by atoms with Crippen molar-refractivity contribution < 1.29 is 14.7 Å². The van der Waals surface area contributed by atoms with Gasteiger partial charge in [-0.1, -0.05) is 42.5 Å². The molecule has 3 rings (SSSR count). The number of nitrogens with one attached hydrogen (secondary N) is 1. The van der Waals surface area contributed by atoms with Crippen LogP contribution in [0, 0.1) is 5.92 Å². The molecule has 0 aliphatic heterocycles. The van der Waals surface area contributed by atoms with Crippen molar-refractivity contribution in [3.05, 3.63) is 47.8 Å². The van der Waals surface area contributed by atoms with Crippen molar-refractivity contribution in [3.63, 3.8) is 0 Å². The summed E-state index contributed by atoms with van der Waals surface area (Å²) in [6.07, 6.45) is 3.99. The van der Waals surface area contributed by atoms with E-state index in [-0.39, 0.29) is 5.69 Å². The second kappa shape index (κ2) is 7.04. The number of carbonyl (C=O) groups is 2. The summed E-state index contributed by atoms with van der Waals surface area (Å²) in [5.41, 5.74) is -0.0231. The van der Waals surface area contributed by atoms with Gasteiger partial charge in [0.1, 0.15) is 5.54 Å². The molecule has 0 bridgehead atoms. The number of hydrogen-bond acceptors (Lipinski definition) is 4. The number of aromatic nitrogens is 3. The maximum atomic E-state index is 12.5. The molecule has 1 fully saturated rings. The maximum Gasteiger partial charge on any atom is 0.329 e. The van der Waals surface area contributed by atoms with Crippen LogP contribution in [0.15, 0.2) is 36.5 Å². The standard InChI is InChI=1S/C18H22N4O3/c1-13-7-9-18(10-8-13,17(24)25)19-16(23)15-12-22(21-20-15)11-14-5-3-2-4-6-14/h2-6,12-13H,7-11H2,1H3,(H,19,23)(H,24,25). The van der Waals surface area contributed by atoms with Gasteiger partial charge in [-0.2, -0.15) is 0 Å². The van der Waals surface area contributed by atoms with Crippen LogP contribution in [-0.2, 0) is 11.3 Å². The third kappa shape index (κ3) is 3.87. The number of carbonyl (C=O) groups excluding carboxylic acids is 1. The Kier molecular flexibility index (Phi) is 4.83. The molecule has 7 nitrogen and oxygen atoms in total. The number of carboxylic acids is 1. The molecular weight excluding hydrogens is 320 g/mol. The number of nitrogens with zero attached hydrogens (tertiary/aromatic N) is 3. The molecular formula is C18H22N4O3. The molecule has 0 radical (unpaired) electrons. The van der Waals surface area contributed by atoms with Crippen LogP contribution in [0.5, 0.6) is 0 Å². The van der Waals surface area contributed by atoms with Crippen molar-refractivity contribution in [2.45, 2.75) is 44.7 Å². The Bertz CT molecular complexity index is 749. The lowest BCUT2D eigenvalue weighted by Gasteiger charge is -2.36. The van der Waals surface area contributed by atoms with Gasteiger partial charge in [-0.05, 0) is 37.2 Å². The fourth-order valence-electron chi connectivity index (χ4n) is 3.18. The van der Waals surface area contributed by atoms with Gasteiger partial charge in [0.15, 0.2) is 5.69 Å². The molecule has 1 aromatic heterocycles. The number of carboxylic acid groups (broad SMARTS) is 1. The molecule has 132 valence electrons. The minimum Gasteiger partial charge on any atom is -0.480 e. The largest absolute Gasteiger partial charge is 0.480 e. The summed E-state index contributed by atoms with van der Waals surface area (Å²) < 4.78 is 1.57. The van der Waals surface area contributed by atoms with Gasteiger partial charge in [0.05, 0.1) is 12.7 Å². The van der Waals surface area contributed by atoms with Crippen LogP contribution in [0.2, 0.25) is 0 Å². The van der Waals surface area contributed by atoms with Crippen molar-refractivity contribution >= 4 is 11.9 Å². The number of aliphatic carboxylic acids is 1. The van der Waals surface area contributed by atoms with E-state index >= 15 is 0 Å². The zero-order valence-electron chi connectivity index (χ0n) is 14.2. The fourth-order valence-corrected chi connectivity index (χ4v) is 3.18. The Labute approximate surface area is 146 Å². The second-order valence-electron chi connectivity index (χ2n) is 6.81. The average Bonchev–Trinajstić information content (AvgIpc) is 3.06. The van der Waals surface area contributed by atoms with Crippen molar-refractivity contribution in [2.75, 3.05) is 0 Å². The van der Waals surface area contributed by atoms with Crippen LogP contribution >= 0.6 is 0 Å². The zero-order chi connectivity index (χ0) is 17.9. The van der Waals surface area contributed by atoms with Crippen LogP contribution in [0.4, 0.5) is 0 Å². The smallest absolute Gasteiger partial charge is 0.329 e. The third-order valence-corrected chi connectivity index (χ3v) is 4.85. The predicted molar refractivity (Wildman–Crippen MR) is 91.0 cm³/mol. The highest BCUT2D eigenvalue weighted by atomic mass is 16.4. The van der Waals surface area contributed by atoms with Gasteiger partial charge in [-0.3, -0.25) is 4.79 Å². The molecule has 1 heterocycles. The van der Waals surface area contributed by atoms with Crippen molar-refractivity contribution in [2.24, 2.45) is 5.92 Å². The third-order valence-electron chi connectivity index (χ3n) is 4.85. The molecule has 1 saturated carbocycles. The molecule has 25 heavy (non-hydrogen) atoms. The van der Waals surface area contributed by atoms with E-state index in [4.69, 9.17) is 0 Å². The fraction of sp³-hybridized carbons (Fsp3) is 0.444. The minimum atomic E-state index is -1.20. The van der Waals surface area contributed by atoms with E-state index in [0.29, 0.717) is 25.3 Å². The molecule has 0 saturated heterocycles. The highest BCUT2D eigenvalue weighted by Gasteiger charge is 2.42. The van der Waals surface area contributed by atoms with E-state index < -0.39 is 17.4 Å². The number of hydrogen-bond donors (Lipinski definition) is 2. The maximum absolute atomic E-state index is 12.5. The Morgan fingerprint density at radius 3 is 2.60 bits per heavy atom. The molecule has 0 spiro atoms. The normalized spacial score (nSPS) is 23.2. The van der Waals surface area contributed by atoms with Crippen LogP contribution < -0.4 is 5.32 Å². The van der Waals surface area contributed by atoms with Crippen LogP contribution in [0.1, 0.15) is 48.7 Å². The summed E-state index contributed by atoms with van der Waals surface area (Å²) >= 11 is 0. The molecule has 7 heteroatoms. The van der Waals surface area contributed by atoms with Gasteiger partial charge in [-0.15, -0.1) is 5.10 Å². The van der Waals surface area contributed by atoms with E-state index in [0.717, 1.165) is 18.4 Å². The van der Waals surface area contributed by atoms with Gasteiger partial charge in [0, 0.05) is 0 Å². The van der Waals surface area contributed by atoms with Gasteiger partial charge in [0.25, 0.3) is 5.91 Å². The molecule has 2 N–H and O–H groups in total. The van der Waals surface area contributed by atoms with E-state index in [2.05, 4.69) is 22.6 Å². The van der Waals surface area contributed by atoms with Crippen molar-refractivity contribution in [1.82, 2.24) is 20.3 Å². The minimum absolute atomic E-state index is 0.134. The second-order valence-corrected chi connectivity index (χ2v) is 6.81. The lowest BCUT2D eigenvalue weighted by Crippen LogP contribution is -2.56. The molecule has 2 aromatic rings.